The maximum Gasteiger partial charge on any atom is 0.320 e. The minimum Gasteiger partial charge on any atom is -0.481 e. The van der Waals surface area contributed by atoms with Crippen LogP contribution in [0, 0.1) is 11.8 Å². The second-order valence-electron chi connectivity index (χ2n) is 5.06. The largest absolute Gasteiger partial charge is 0.481 e. The molecule has 2 aliphatic heterocycles. The molecular formula is C12H20N2O3S. The van der Waals surface area contributed by atoms with Gasteiger partial charge >= 0.3 is 12.0 Å². The predicted octanol–water partition coefficient (Wildman–Crippen LogP) is 1.20. The molecule has 2 fully saturated rings. The van der Waals surface area contributed by atoms with Crippen molar-refractivity contribution in [3.63, 3.8) is 0 Å². The van der Waals surface area contributed by atoms with E-state index in [1.165, 1.54) is 0 Å². The molecular weight excluding hydrogens is 252 g/mol. The molecule has 2 atom stereocenters. The summed E-state index contributed by atoms with van der Waals surface area (Å²) in [6.45, 7) is 4.42. The van der Waals surface area contributed by atoms with Gasteiger partial charge in [0.05, 0.1) is 5.92 Å². The van der Waals surface area contributed by atoms with E-state index in [0.29, 0.717) is 13.1 Å². The van der Waals surface area contributed by atoms with Crippen molar-refractivity contribution < 1.29 is 14.7 Å². The van der Waals surface area contributed by atoms with Crippen molar-refractivity contribution >= 4 is 23.8 Å². The molecule has 0 aliphatic carbocycles. The molecule has 6 heteroatoms. The van der Waals surface area contributed by atoms with E-state index in [4.69, 9.17) is 5.11 Å². The third-order valence-corrected chi connectivity index (χ3v) is 4.74. The Morgan fingerprint density at radius 2 is 1.94 bits per heavy atom. The number of carbonyl (C=O) groups excluding carboxylic acids is 1. The summed E-state index contributed by atoms with van der Waals surface area (Å²) >= 11 is 1.88. The van der Waals surface area contributed by atoms with E-state index in [9.17, 15) is 9.59 Å². The standard InChI is InChI=1S/C12H20N2O3S/c1-9-7-14(8-10(9)11(15)16)12(17)13-3-2-5-18-6-4-13/h9-10H,2-8H2,1H3,(H,15,16)/t9-,10-/m1/s1. The van der Waals surface area contributed by atoms with E-state index in [1.54, 1.807) is 4.90 Å². The van der Waals surface area contributed by atoms with E-state index >= 15 is 0 Å². The number of rotatable bonds is 1. The topological polar surface area (TPSA) is 60.9 Å². The monoisotopic (exact) mass is 272 g/mol. The molecule has 0 bridgehead atoms. The molecule has 2 amide bonds. The highest BCUT2D eigenvalue weighted by Gasteiger charge is 2.38. The van der Waals surface area contributed by atoms with Gasteiger partial charge in [0.1, 0.15) is 0 Å². The minimum atomic E-state index is -0.788. The Balaban J connectivity index is 1.95. The van der Waals surface area contributed by atoms with Gasteiger partial charge in [-0.05, 0) is 18.1 Å². The number of amides is 2. The summed E-state index contributed by atoms with van der Waals surface area (Å²) < 4.78 is 0. The predicted molar refractivity (Wildman–Crippen MR) is 70.8 cm³/mol. The van der Waals surface area contributed by atoms with E-state index < -0.39 is 11.9 Å². The smallest absolute Gasteiger partial charge is 0.320 e. The molecule has 2 rings (SSSR count). The van der Waals surface area contributed by atoms with Gasteiger partial charge in [0, 0.05) is 31.9 Å². The van der Waals surface area contributed by atoms with Crippen LogP contribution in [0.25, 0.3) is 0 Å². The first-order valence-electron chi connectivity index (χ1n) is 6.44. The van der Waals surface area contributed by atoms with Gasteiger partial charge in [-0.3, -0.25) is 4.79 Å². The number of hydrogen-bond acceptors (Lipinski definition) is 3. The minimum absolute atomic E-state index is 0.0214. The lowest BCUT2D eigenvalue weighted by atomic mass is 9.99. The second-order valence-corrected chi connectivity index (χ2v) is 6.29. The van der Waals surface area contributed by atoms with Crippen molar-refractivity contribution in [3.8, 4) is 0 Å². The van der Waals surface area contributed by atoms with Crippen LogP contribution in [0.4, 0.5) is 4.79 Å². The SMILES string of the molecule is C[C@@H]1CN(C(=O)N2CCCSCC2)C[C@H]1C(=O)O. The van der Waals surface area contributed by atoms with Crippen LogP contribution in [0.1, 0.15) is 13.3 Å². The number of aliphatic carboxylic acids is 1. The fraction of sp³-hybridized carbons (Fsp3) is 0.833. The number of carboxylic acid groups (broad SMARTS) is 1. The van der Waals surface area contributed by atoms with Gasteiger partial charge in [-0.2, -0.15) is 11.8 Å². The zero-order valence-corrected chi connectivity index (χ0v) is 11.5. The van der Waals surface area contributed by atoms with Gasteiger partial charge in [0.2, 0.25) is 0 Å². The summed E-state index contributed by atoms with van der Waals surface area (Å²) in [6, 6.07) is 0.0214. The number of urea groups is 1. The van der Waals surface area contributed by atoms with Gasteiger partial charge in [-0.15, -0.1) is 0 Å². The average molecular weight is 272 g/mol. The third kappa shape index (κ3) is 2.91. The lowest BCUT2D eigenvalue weighted by Crippen LogP contribution is -2.43. The molecule has 1 N–H and O–H groups in total. The number of carboxylic acids is 1. The fourth-order valence-electron chi connectivity index (χ4n) is 2.58. The summed E-state index contributed by atoms with van der Waals surface area (Å²) in [7, 11) is 0. The molecule has 5 nitrogen and oxygen atoms in total. The third-order valence-electron chi connectivity index (χ3n) is 3.69. The maximum absolute atomic E-state index is 12.3. The van der Waals surface area contributed by atoms with Gasteiger partial charge in [-0.25, -0.2) is 4.79 Å². The van der Waals surface area contributed by atoms with Crippen molar-refractivity contribution in [2.45, 2.75) is 13.3 Å². The Kier molecular flexibility index (Phi) is 4.37. The van der Waals surface area contributed by atoms with Gasteiger partial charge in [0.15, 0.2) is 0 Å². The Morgan fingerprint density at radius 1 is 1.17 bits per heavy atom. The first kappa shape index (κ1) is 13.5. The van der Waals surface area contributed by atoms with Crippen molar-refractivity contribution in [2.24, 2.45) is 11.8 Å². The highest BCUT2D eigenvalue weighted by atomic mass is 32.2. The highest BCUT2D eigenvalue weighted by Crippen LogP contribution is 2.24. The molecule has 2 heterocycles. The number of nitrogens with zero attached hydrogens (tertiary/aromatic N) is 2. The molecule has 0 aromatic rings. The Morgan fingerprint density at radius 3 is 2.61 bits per heavy atom. The summed E-state index contributed by atoms with van der Waals surface area (Å²) in [4.78, 5) is 27.0. The molecule has 2 aliphatic rings. The average Bonchev–Trinajstić information content (AvgIpc) is 2.56. The maximum atomic E-state index is 12.3. The van der Waals surface area contributed by atoms with Crippen molar-refractivity contribution in [3.05, 3.63) is 0 Å². The molecule has 0 spiro atoms. The van der Waals surface area contributed by atoms with E-state index in [0.717, 1.165) is 31.0 Å². The normalized spacial score (nSPS) is 29.2. The summed E-state index contributed by atoms with van der Waals surface area (Å²) in [5, 5.41) is 9.08. The molecule has 2 saturated heterocycles. The fourth-order valence-corrected chi connectivity index (χ4v) is 3.47. The first-order valence-corrected chi connectivity index (χ1v) is 7.59. The highest BCUT2D eigenvalue weighted by molar-refractivity contribution is 7.99. The van der Waals surface area contributed by atoms with Gasteiger partial charge in [-0.1, -0.05) is 6.92 Å². The molecule has 0 radical (unpaired) electrons. The van der Waals surface area contributed by atoms with E-state index in [2.05, 4.69) is 0 Å². The number of thioether (sulfide) groups is 1. The van der Waals surface area contributed by atoms with Crippen molar-refractivity contribution in [2.75, 3.05) is 37.7 Å². The molecule has 102 valence electrons. The molecule has 0 saturated carbocycles. The van der Waals surface area contributed by atoms with Crippen LogP contribution in [0.5, 0.6) is 0 Å². The number of likely N-dealkylation sites (tertiary alicyclic amines) is 1. The lowest BCUT2D eigenvalue weighted by Gasteiger charge is -2.26. The van der Waals surface area contributed by atoms with Crippen LogP contribution in [0.15, 0.2) is 0 Å². The van der Waals surface area contributed by atoms with E-state index in [-0.39, 0.29) is 11.9 Å². The van der Waals surface area contributed by atoms with Crippen LogP contribution in [0.3, 0.4) is 0 Å². The quantitative estimate of drug-likeness (QED) is 0.779. The zero-order valence-electron chi connectivity index (χ0n) is 10.7. The van der Waals surface area contributed by atoms with E-state index in [1.807, 2.05) is 23.6 Å². The zero-order chi connectivity index (χ0) is 13.1. The second kappa shape index (κ2) is 5.82. The summed E-state index contributed by atoms with van der Waals surface area (Å²) in [6.07, 6.45) is 1.03. The Hall–Kier alpha value is -0.910. The summed E-state index contributed by atoms with van der Waals surface area (Å²) in [5.41, 5.74) is 0. The molecule has 0 aromatic heterocycles. The Labute approximate surface area is 112 Å². The number of hydrogen-bond donors (Lipinski definition) is 1. The van der Waals surface area contributed by atoms with Crippen LogP contribution in [-0.4, -0.2) is 64.6 Å². The van der Waals surface area contributed by atoms with Gasteiger partial charge in [0.25, 0.3) is 0 Å². The summed E-state index contributed by atoms with van der Waals surface area (Å²) in [5.74, 6) is 0.947. The van der Waals surface area contributed by atoms with Gasteiger partial charge < -0.3 is 14.9 Å². The van der Waals surface area contributed by atoms with Crippen LogP contribution in [-0.2, 0) is 4.79 Å². The van der Waals surface area contributed by atoms with Crippen LogP contribution in [0.2, 0.25) is 0 Å². The molecule has 0 aromatic carbocycles. The first-order chi connectivity index (χ1) is 8.59. The van der Waals surface area contributed by atoms with Crippen LogP contribution < -0.4 is 0 Å². The van der Waals surface area contributed by atoms with Crippen LogP contribution >= 0.6 is 11.8 Å². The van der Waals surface area contributed by atoms with Crippen molar-refractivity contribution in [1.29, 1.82) is 0 Å². The van der Waals surface area contributed by atoms with Crippen molar-refractivity contribution in [1.82, 2.24) is 9.80 Å². The Bertz CT molecular complexity index is 329. The lowest BCUT2D eigenvalue weighted by molar-refractivity contribution is -0.142. The molecule has 18 heavy (non-hydrogen) atoms. The number of carbonyl (C=O) groups is 2. The molecule has 0 unspecified atom stereocenters.